The Hall–Kier alpha value is -3.12. The molecule has 0 unspecified atom stereocenters. The summed E-state index contributed by atoms with van der Waals surface area (Å²) in [5, 5.41) is 15.3. The molecule has 0 radical (unpaired) electrons. The molecular weight excluding hydrogens is 456 g/mol. The molecule has 6 rings (SSSR count). The first-order valence-corrected chi connectivity index (χ1v) is 12.7. The van der Waals surface area contributed by atoms with Gasteiger partial charge in [0.25, 0.3) is 5.56 Å². The topological polar surface area (TPSA) is 133 Å². The average Bonchev–Trinajstić information content (AvgIpc) is 3.56. The molecule has 0 aromatic carbocycles. The Morgan fingerprint density at radius 1 is 1.18 bits per heavy atom. The normalized spacial score (nSPS) is 18.8. The van der Waals surface area contributed by atoms with Crippen molar-refractivity contribution in [1.29, 1.82) is 0 Å². The van der Waals surface area contributed by atoms with Crippen molar-refractivity contribution in [3.05, 3.63) is 42.9 Å². The minimum atomic E-state index is -0.443. The van der Waals surface area contributed by atoms with Crippen LogP contribution in [0, 0.1) is 10.1 Å². The fourth-order valence-electron chi connectivity index (χ4n) is 4.78. The highest BCUT2D eigenvalue weighted by Crippen LogP contribution is 2.34. The molecule has 0 spiro atoms. The zero-order chi connectivity index (χ0) is 23.2. The summed E-state index contributed by atoms with van der Waals surface area (Å²) in [5.41, 5.74) is 1.10. The molecule has 1 saturated heterocycles. The lowest BCUT2D eigenvalue weighted by atomic mass is 9.97. The Morgan fingerprint density at radius 3 is 2.74 bits per heavy atom. The van der Waals surface area contributed by atoms with Gasteiger partial charge in [-0.25, -0.2) is 9.97 Å². The van der Waals surface area contributed by atoms with E-state index in [0.29, 0.717) is 37.2 Å². The first kappa shape index (κ1) is 21.4. The minimum absolute atomic E-state index is 0.0204. The second kappa shape index (κ2) is 8.58. The van der Waals surface area contributed by atoms with Crippen molar-refractivity contribution in [3.63, 3.8) is 0 Å². The SMILES string of the molecule is O=c1[nH]c(CN2CCN(c3ncc([N+](=O)[O-])c(NC4CC4)n3)CC2)nc2sc3c(c12)CCCC3. The summed E-state index contributed by atoms with van der Waals surface area (Å²) in [6.45, 7) is 3.49. The van der Waals surface area contributed by atoms with Crippen LogP contribution in [0.2, 0.25) is 0 Å². The molecule has 2 aliphatic carbocycles. The third kappa shape index (κ3) is 4.11. The van der Waals surface area contributed by atoms with Crippen LogP contribution in [0.1, 0.15) is 41.9 Å². The average molecular weight is 483 g/mol. The molecule has 3 aliphatic rings. The van der Waals surface area contributed by atoms with Crippen molar-refractivity contribution in [2.75, 3.05) is 36.4 Å². The maximum absolute atomic E-state index is 12.8. The first-order valence-electron chi connectivity index (χ1n) is 11.8. The van der Waals surface area contributed by atoms with Crippen molar-refractivity contribution in [1.82, 2.24) is 24.8 Å². The number of fused-ring (bicyclic) bond motifs is 3. The van der Waals surface area contributed by atoms with Crippen LogP contribution in [0.4, 0.5) is 17.5 Å². The van der Waals surface area contributed by atoms with Crippen molar-refractivity contribution in [2.24, 2.45) is 0 Å². The van der Waals surface area contributed by atoms with E-state index in [9.17, 15) is 14.9 Å². The third-order valence-electron chi connectivity index (χ3n) is 6.77. The van der Waals surface area contributed by atoms with E-state index in [0.717, 1.165) is 55.4 Å². The smallest absolute Gasteiger partial charge is 0.329 e. The van der Waals surface area contributed by atoms with E-state index in [1.54, 1.807) is 11.3 Å². The van der Waals surface area contributed by atoms with Gasteiger partial charge in [-0.3, -0.25) is 19.8 Å². The monoisotopic (exact) mass is 482 g/mol. The molecular formula is C22H26N8O3S. The number of nitrogens with zero attached hydrogens (tertiary/aromatic N) is 6. The Kier molecular flexibility index (Phi) is 5.41. The van der Waals surface area contributed by atoms with Gasteiger partial charge in [0, 0.05) is 37.1 Å². The van der Waals surface area contributed by atoms with E-state index in [-0.39, 0.29) is 17.3 Å². The number of rotatable bonds is 6. The van der Waals surface area contributed by atoms with Crippen LogP contribution < -0.4 is 15.8 Å². The van der Waals surface area contributed by atoms with E-state index in [1.807, 2.05) is 4.90 Å². The summed E-state index contributed by atoms with van der Waals surface area (Å²) in [6.07, 6.45) is 7.66. The fourth-order valence-corrected chi connectivity index (χ4v) is 6.06. The molecule has 34 heavy (non-hydrogen) atoms. The molecule has 1 saturated carbocycles. The Bertz CT molecular complexity index is 1310. The number of anilines is 2. The lowest BCUT2D eigenvalue weighted by molar-refractivity contribution is -0.384. The number of hydrogen-bond acceptors (Lipinski definition) is 10. The van der Waals surface area contributed by atoms with Crippen LogP contribution in [0.5, 0.6) is 0 Å². The number of nitro groups is 1. The number of aryl methyl sites for hydroxylation is 2. The number of H-pyrrole nitrogens is 1. The van der Waals surface area contributed by atoms with Gasteiger partial charge in [0.2, 0.25) is 11.8 Å². The van der Waals surface area contributed by atoms with E-state index in [4.69, 9.17) is 4.98 Å². The molecule has 4 heterocycles. The standard InChI is InChI=1S/C22H26N8O3S/c31-20-18-14-3-1-2-4-16(14)34-21(18)26-17(25-20)12-28-7-9-29(10-8-28)22-23-11-15(30(32)33)19(27-22)24-13-5-6-13/h11,13H,1-10,12H2,(H,23,24,27)(H,25,26,31). The van der Waals surface area contributed by atoms with Gasteiger partial charge in [0.1, 0.15) is 16.9 Å². The first-order chi connectivity index (χ1) is 16.5. The lowest BCUT2D eigenvalue weighted by Crippen LogP contribution is -2.46. The van der Waals surface area contributed by atoms with E-state index in [2.05, 4.69) is 25.2 Å². The molecule has 1 aliphatic heterocycles. The van der Waals surface area contributed by atoms with Gasteiger partial charge < -0.3 is 15.2 Å². The van der Waals surface area contributed by atoms with E-state index >= 15 is 0 Å². The van der Waals surface area contributed by atoms with Crippen LogP contribution in [0.15, 0.2) is 11.0 Å². The summed E-state index contributed by atoms with van der Waals surface area (Å²) >= 11 is 1.67. The Morgan fingerprint density at radius 2 is 1.97 bits per heavy atom. The van der Waals surface area contributed by atoms with Crippen LogP contribution >= 0.6 is 11.3 Å². The highest BCUT2D eigenvalue weighted by molar-refractivity contribution is 7.18. The third-order valence-corrected chi connectivity index (χ3v) is 7.96. The molecule has 2 fully saturated rings. The minimum Gasteiger partial charge on any atom is -0.361 e. The second-order valence-corrected chi connectivity index (χ2v) is 10.3. The summed E-state index contributed by atoms with van der Waals surface area (Å²) in [7, 11) is 0. The highest BCUT2D eigenvalue weighted by Gasteiger charge is 2.28. The van der Waals surface area contributed by atoms with Gasteiger partial charge >= 0.3 is 5.69 Å². The van der Waals surface area contributed by atoms with E-state index < -0.39 is 4.92 Å². The van der Waals surface area contributed by atoms with Gasteiger partial charge in [0.15, 0.2) is 0 Å². The zero-order valence-corrected chi connectivity index (χ0v) is 19.6. The van der Waals surface area contributed by atoms with Crippen molar-refractivity contribution < 1.29 is 4.92 Å². The van der Waals surface area contributed by atoms with Gasteiger partial charge in [0.05, 0.1) is 16.9 Å². The number of piperazine rings is 1. The molecule has 0 amide bonds. The van der Waals surface area contributed by atoms with Gasteiger partial charge in [-0.05, 0) is 44.1 Å². The predicted octanol–water partition coefficient (Wildman–Crippen LogP) is 2.46. The van der Waals surface area contributed by atoms with Gasteiger partial charge in [-0.2, -0.15) is 4.98 Å². The number of aromatic nitrogens is 4. The number of thiophene rings is 1. The van der Waals surface area contributed by atoms with E-state index in [1.165, 1.54) is 23.1 Å². The van der Waals surface area contributed by atoms with Crippen LogP contribution in [-0.2, 0) is 19.4 Å². The number of aromatic amines is 1. The summed E-state index contributed by atoms with van der Waals surface area (Å²) in [6, 6.07) is 0.263. The summed E-state index contributed by atoms with van der Waals surface area (Å²) in [4.78, 5) is 46.7. The number of hydrogen-bond donors (Lipinski definition) is 2. The van der Waals surface area contributed by atoms with Crippen LogP contribution in [-0.4, -0.2) is 62.0 Å². The highest BCUT2D eigenvalue weighted by atomic mass is 32.1. The summed E-state index contributed by atoms with van der Waals surface area (Å²) < 4.78 is 0. The molecule has 3 aromatic rings. The molecule has 12 heteroatoms. The second-order valence-electron chi connectivity index (χ2n) is 9.25. The van der Waals surface area contributed by atoms with Crippen LogP contribution in [0.3, 0.4) is 0 Å². The Labute approximate surface area is 199 Å². The maximum Gasteiger partial charge on any atom is 0.329 e. The van der Waals surface area contributed by atoms with Crippen molar-refractivity contribution >= 4 is 39.0 Å². The zero-order valence-electron chi connectivity index (χ0n) is 18.7. The van der Waals surface area contributed by atoms with Crippen molar-refractivity contribution in [3.8, 4) is 0 Å². The molecule has 2 N–H and O–H groups in total. The maximum atomic E-state index is 12.8. The molecule has 0 bridgehead atoms. The molecule has 11 nitrogen and oxygen atoms in total. The molecule has 178 valence electrons. The van der Waals surface area contributed by atoms with Crippen LogP contribution in [0.25, 0.3) is 10.2 Å². The van der Waals surface area contributed by atoms with Crippen molar-refractivity contribution in [2.45, 2.75) is 51.1 Å². The number of nitrogens with one attached hydrogen (secondary N) is 2. The summed E-state index contributed by atoms with van der Waals surface area (Å²) in [5.74, 6) is 1.51. The quantitative estimate of drug-likeness (QED) is 0.401. The fraction of sp³-hybridized carbons (Fsp3) is 0.545. The largest absolute Gasteiger partial charge is 0.361 e. The van der Waals surface area contributed by atoms with Gasteiger partial charge in [-0.1, -0.05) is 0 Å². The predicted molar refractivity (Wildman–Crippen MR) is 130 cm³/mol. The van der Waals surface area contributed by atoms with Gasteiger partial charge in [-0.15, -0.1) is 11.3 Å². The molecule has 0 atom stereocenters. The molecule has 3 aromatic heterocycles. The Balaban J connectivity index is 1.14. The lowest BCUT2D eigenvalue weighted by Gasteiger charge is -2.34.